The normalized spacial score (nSPS) is 20.3. The van der Waals surface area contributed by atoms with Crippen LogP contribution in [0.4, 0.5) is 0 Å². The van der Waals surface area contributed by atoms with Crippen molar-refractivity contribution in [2.45, 2.75) is 212 Å². The molecule has 1 aliphatic carbocycles. The third kappa shape index (κ3) is 31.0. The van der Waals surface area contributed by atoms with E-state index in [1.165, 1.54) is 57.8 Å². The molecule has 0 saturated heterocycles. The minimum Gasteiger partial charge on any atom is -0.462 e. The van der Waals surface area contributed by atoms with Crippen LogP contribution in [0.2, 0.25) is 0 Å². The van der Waals surface area contributed by atoms with Crippen LogP contribution in [-0.4, -0.2) is 82.9 Å². The Morgan fingerprint density at radius 3 is 1.92 bits per heavy atom. The lowest BCUT2D eigenvalue weighted by Gasteiger charge is -2.21. The van der Waals surface area contributed by atoms with E-state index < -0.39 is 50.8 Å². The highest BCUT2D eigenvalue weighted by Gasteiger charge is 2.39. The summed E-state index contributed by atoms with van der Waals surface area (Å²) in [6.07, 6.45) is 35.2. The van der Waals surface area contributed by atoms with Crippen LogP contribution < -0.4 is 5.73 Å². The highest BCUT2D eigenvalue weighted by Crippen LogP contribution is 2.43. The van der Waals surface area contributed by atoms with Crippen molar-refractivity contribution in [1.29, 1.82) is 0 Å². The summed E-state index contributed by atoms with van der Waals surface area (Å²) < 4.78 is 32.9. The molecule has 6 N–H and O–H groups in total. The first-order chi connectivity index (χ1) is 29.0. The van der Waals surface area contributed by atoms with Crippen LogP contribution in [0, 0.1) is 11.8 Å². The second kappa shape index (κ2) is 37.6. The fourth-order valence-electron chi connectivity index (χ4n) is 7.53. The predicted molar refractivity (Wildman–Crippen MR) is 240 cm³/mol. The number of allylic oxidation sites excluding steroid dienone is 4. The van der Waals surface area contributed by atoms with E-state index >= 15 is 0 Å². The van der Waals surface area contributed by atoms with Crippen molar-refractivity contribution in [2.75, 3.05) is 26.4 Å². The summed E-state index contributed by atoms with van der Waals surface area (Å²) in [5.41, 5.74) is 5.35. The van der Waals surface area contributed by atoms with Gasteiger partial charge in [-0.2, -0.15) is 0 Å². The number of aliphatic hydroxyl groups excluding tert-OH is 3. The first-order valence-corrected chi connectivity index (χ1v) is 25.2. The second-order valence-corrected chi connectivity index (χ2v) is 18.0. The molecular weight excluding hydrogens is 785 g/mol. The molecule has 1 rings (SSSR count). The number of hydrogen-bond donors (Lipinski definition) is 5. The van der Waals surface area contributed by atoms with Gasteiger partial charge in [-0.3, -0.25) is 18.6 Å². The highest BCUT2D eigenvalue weighted by molar-refractivity contribution is 7.47. The van der Waals surface area contributed by atoms with Gasteiger partial charge >= 0.3 is 19.8 Å². The Morgan fingerprint density at radius 1 is 0.717 bits per heavy atom. The zero-order valence-electron chi connectivity index (χ0n) is 37.5. The van der Waals surface area contributed by atoms with E-state index in [1.54, 1.807) is 6.08 Å². The Morgan fingerprint density at radius 2 is 1.28 bits per heavy atom. The molecule has 7 atom stereocenters. The minimum absolute atomic E-state index is 0.0179. The first kappa shape index (κ1) is 56.1. The Kier molecular flexibility index (Phi) is 35.2. The third-order valence-electron chi connectivity index (χ3n) is 11.1. The van der Waals surface area contributed by atoms with Crippen LogP contribution in [0.5, 0.6) is 0 Å². The topological polar surface area (TPSA) is 195 Å². The number of nitrogens with two attached hydrogens (primary N) is 1. The Labute approximate surface area is 363 Å². The zero-order chi connectivity index (χ0) is 44.1. The van der Waals surface area contributed by atoms with Crippen molar-refractivity contribution < 1.29 is 52.9 Å². The number of phosphoric acid groups is 1. The Bertz CT molecular complexity index is 1200. The molecular formula is C47H86NO11P. The van der Waals surface area contributed by atoms with E-state index in [-0.39, 0.29) is 44.4 Å². The monoisotopic (exact) mass is 872 g/mol. The number of carbonyl (C=O) groups excluding carboxylic acids is 2. The summed E-state index contributed by atoms with van der Waals surface area (Å²) in [5, 5.41) is 31.4. The van der Waals surface area contributed by atoms with Gasteiger partial charge in [0.05, 0.1) is 31.5 Å². The summed E-state index contributed by atoms with van der Waals surface area (Å²) in [6, 6.07) is 0. The van der Waals surface area contributed by atoms with Crippen LogP contribution in [0.3, 0.4) is 0 Å². The number of aliphatic hydroxyl groups is 3. The number of phosphoric ester groups is 1. The van der Waals surface area contributed by atoms with Crippen molar-refractivity contribution in [3.63, 3.8) is 0 Å². The van der Waals surface area contributed by atoms with E-state index in [0.717, 1.165) is 77.0 Å². The maximum Gasteiger partial charge on any atom is 0.472 e. The molecule has 0 aromatic heterocycles. The number of hydrogen-bond acceptors (Lipinski definition) is 11. The number of unbranched alkanes of at least 4 members (excludes halogenated alkanes) is 17. The van der Waals surface area contributed by atoms with Crippen LogP contribution in [0.25, 0.3) is 0 Å². The largest absolute Gasteiger partial charge is 0.472 e. The fourth-order valence-corrected chi connectivity index (χ4v) is 8.29. The van der Waals surface area contributed by atoms with Gasteiger partial charge in [0.15, 0.2) is 6.10 Å². The van der Waals surface area contributed by atoms with Gasteiger partial charge in [-0.15, -0.1) is 0 Å². The maximum absolute atomic E-state index is 12.7. The lowest BCUT2D eigenvalue weighted by atomic mass is 9.88. The number of carbonyl (C=O) groups is 2. The van der Waals surface area contributed by atoms with Gasteiger partial charge < -0.3 is 35.4 Å². The van der Waals surface area contributed by atoms with Gasteiger partial charge in [0.2, 0.25) is 0 Å². The van der Waals surface area contributed by atoms with Gasteiger partial charge in [0.25, 0.3) is 0 Å². The average molecular weight is 872 g/mol. The molecule has 0 amide bonds. The standard InChI is InChI=1S/C47H86NO11P/c1-3-5-7-8-9-10-11-12-13-14-15-16-17-18-19-20-21-22-27-31-46(52)56-38-41(39-58-60(54,55)57-36-35-48)59-47(53)32-28-24-23-26-30-42-43(45(51)37-44(42)50)34-33-40(49)29-25-6-4-2/h9-10,12-13,33-34,40-45,49-51H,3-8,11,14-32,35-39,48H2,1-2H3,(H,54,55)/b10-9-,13-12-,34-33+/t40-,41+,42+,43+,44-,45+/m0/s1. The Hall–Kier alpha value is -1.89. The van der Waals surface area contributed by atoms with Crippen LogP contribution >= 0.6 is 7.82 Å². The van der Waals surface area contributed by atoms with Gasteiger partial charge in [0, 0.05) is 31.7 Å². The van der Waals surface area contributed by atoms with E-state index in [0.29, 0.717) is 25.7 Å². The van der Waals surface area contributed by atoms with E-state index in [4.69, 9.17) is 24.3 Å². The third-order valence-corrected chi connectivity index (χ3v) is 12.1. The molecule has 0 aliphatic heterocycles. The summed E-state index contributed by atoms with van der Waals surface area (Å²) in [7, 11) is -4.44. The lowest BCUT2D eigenvalue weighted by molar-refractivity contribution is -0.161. The molecule has 1 aliphatic rings. The van der Waals surface area contributed by atoms with Crippen molar-refractivity contribution in [3.8, 4) is 0 Å². The number of esters is 2. The van der Waals surface area contributed by atoms with E-state index in [2.05, 4.69) is 38.2 Å². The molecule has 350 valence electrons. The summed E-state index contributed by atoms with van der Waals surface area (Å²) in [5.74, 6) is -1.27. The average Bonchev–Trinajstić information content (AvgIpc) is 3.49. The maximum atomic E-state index is 12.7. The smallest absolute Gasteiger partial charge is 0.462 e. The van der Waals surface area contributed by atoms with E-state index in [9.17, 15) is 34.4 Å². The van der Waals surface area contributed by atoms with Crippen LogP contribution in [-0.2, 0) is 32.7 Å². The molecule has 12 nitrogen and oxygen atoms in total. The van der Waals surface area contributed by atoms with Gasteiger partial charge in [-0.1, -0.05) is 147 Å². The van der Waals surface area contributed by atoms with Crippen molar-refractivity contribution >= 4 is 19.8 Å². The van der Waals surface area contributed by atoms with Crippen molar-refractivity contribution in [2.24, 2.45) is 17.6 Å². The molecule has 1 fully saturated rings. The Balaban J connectivity index is 2.32. The van der Waals surface area contributed by atoms with Crippen LogP contribution in [0.15, 0.2) is 36.5 Å². The molecule has 1 saturated carbocycles. The molecule has 0 aromatic rings. The molecule has 60 heavy (non-hydrogen) atoms. The lowest BCUT2D eigenvalue weighted by Crippen LogP contribution is -2.29. The molecule has 0 aromatic carbocycles. The number of ether oxygens (including phenoxy) is 2. The highest BCUT2D eigenvalue weighted by atomic mass is 31.2. The SMILES string of the molecule is CCCCC/C=C\C/C=C\CCCCCCCCCCCC(=O)OC[C@H](COP(=O)(O)OCCN)OC(=O)CCCCCC[C@@H]1[C@@H](/C=C/[C@@H](O)CCCCC)[C@H](O)C[C@@H]1O. The van der Waals surface area contributed by atoms with Crippen molar-refractivity contribution in [3.05, 3.63) is 36.5 Å². The minimum atomic E-state index is -4.44. The van der Waals surface area contributed by atoms with Crippen molar-refractivity contribution in [1.82, 2.24) is 0 Å². The van der Waals surface area contributed by atoms with E-state index in [1.807, 2.05) is 6.08 Å². The van der Waals surface area contributed by atoms with Gasteiger partial charge in [-0.25, -0.2) is 4.57 Å². The summed E-state index contributed by atoms with van der Waals surface area (Å²) >= 11 is 0. The molecule has 0 radical (unpaired) electrons. The summed E-state index contributed by atoms with van der Waals surface area (Å²) in [4.78, 5) is 35.2. The molecule has 13 heteroatoms. The van der Waals surface area contributed by atoms with Gasteiger partial charge in [-0.05, 0) is 63.7 Å². The quantitative estimate of drug-likeness (QED) is 0.0169. The molecule has 1 unspecified atom stereocenters. The first-order valence-electron chi connectivity index (χ1n) is 23.7. The second-order valence-electron chi connectivity index (χ2n) is 16.6. The predicted octanol–water partition coefficient (Wildman–Crippen LogP) is 10.1. The molecule has 0 bridgehead atoms. The molecule has 0 spiro atoms. The fraction of sp³-hybridized carbons (Fsp3) is 0.830. The number of rotatable bonds is 40. The zero-order valence-corrected chi connectivity index (χ0v) is 38.4. The van der Waals surface area contributed by atoms with Gasteiger partial charge in [0.1, 0.15) is 6.61 Å². The summed E-state index contributed by atoms with van der Waals surface area (Å²) in [6.45, 7) is 3.37. The van der Waals surface area contributed by atoms with Crippen LogP contribution in [0.1, 0.15) is 187 Å². The molecule has 0 heterocycles.